The molecule has 0 radical (unpaired) electrons. The lowest BCUT2D eigenvalue weighted by Gasteiger charge is -2.28. The number of hydrogen-bond acceptors (Lipinski definition) is 9. The van der Waals surface area contributed by atoms with Gasteiger partial charge in [0.05, 0.1) is 33.9 Å². The number of likely N-dealkylation sites (N-methyl/N-ethyl adjacent to an activating group) is 1. The zero-order valence-electron chi connectivity index (χ0n) is 25.6. The van der Waals surface area contributed by atoms with Crippen molar-refractivity contribution in [2.45, 2.75) is 83.8 Å². The van der Waals surface area contributed by atoms with Gasteiger partial charge in [0.1, 0.15) is 19.8 Å². The van der Waals surface area contributed by atoms with Gasteiger partial charge in [0.25, 0.3) is 7.82 Å². The number of quaternary nitrogens is 1. The third-order valence-corrected chi connectivity index (χ3v) is 6.42. The first-order valence-corrected chi connectivity index (χ1v) is 15.8. The van der Waals surface area contributed by atoms with E-state index in [1.54, 1.807) is 0 Å². The molecule has 0 aromatic heterocycles. The standard InChI is InChI=1S/C30H52NO9P/c1-6-20-28(33)21-18-16-14-12-10-8-7-9-11-13-15-17-19-22-30(34)37-25-29(40-27(2)32)26-39-41(35,36)38-24-23-31(3,4)5/h7,9-10,12-13,15-16,18,28-29,33H,6,8,11,14,17,19-26H2,1-5H3/b9-7-,12-10-,15-13-,18-16-/t28?,29-/m1/s1. The number of rotatable bonds is 24. The second kappa shape index (κ2) is 23.5. The van der Waals surface area contributed by atoms with Crippen LogP contribution in [-0.4, -0.2) is 81.2 Å². The molecule has 11 heteroatoms. The number of aliphatic hydroxyl groups is 1. The molecule has 3 atom stereocenters. The molecule has 0 aromatic carbocycles. The average Bonchev–Trinajstić information content (AvgIpc) is 2.87. The molecule has 0 bridgehead atoms. The van der Waals surface area contributed by atoms with Gasteiger partial charge in [-0.2, -0.15) is 0 Å². The number of aliphatic hydroxyl groups excluding tert-OH is 1. The Morgan fingerprint density at radius 1 is 0.927 bits per heavy atom. The van der Waals surface area contributed by atoms with E-state index in [-0.39, 0.29) is 25.7 Å². The Morgan fingerprint density at radius 3 is 2.07 bits per heavy atom. The van der Waals surface area contributed by atoms with Crippen LogP contribution in [0.2, 0.25) is 0 Å². The zero-order valence-corrected chi connectivity index (χ0v) is 26.5. The normalized spacial score (nSPS) is 15.6. The highest BCUT2D eigenvalue weighted by atomic mass is 31.2. The van der Waals surface area contributed by atoms with Gasteiger partial charge in [-0.1, -0.05) is 62.0 Å². The topological polar surface area (TPSA) is 131 Å². The fourth-order valence-corrected chi connectivity index (χ4v) is 3.98. The van der Waals surface area contributed by atoms with Gasteiger partial charge < -0.3 is 33.0 Å². The SMILES string of the molecule is CCCC(O)C/C=C\C/C=C\C/C=C\C/C=C\CCCC(=O)OC[C@H](COP(=O)([O-])OCC[N+](C)(C)C)OC(C)=O. The van der Waals surface area contributed by atoms with E-state index < -0.39 is 32.5 Å². The van der Waals surface area contributed by atoms with Crippen LogP contribution in [-0.2, 0) is 32.7 Å². The van der Waals surface area contributed by atoms with Gasteiger partial charge in [-0.05, 0) is 44.9 Å². The highest BCUT2D eigenvalue weighted by Gasteiger charge is 2.20. The smallest absolute Gasteiger partial charge is 0.305 e. The predicted molar refractivity (Wildman–Crippen MR) is 159 cm³/mol. The summed E-state index contributed by atoms with van der Waals surface area (Å²) in [7, 11) is 1.09. The van der Waals surface area contributed by atoms with E-state index in [4.69, 9.17) is 18.5 Å². The number of esters is 2. The number of allylic oxidation sites excluding steroid dienone is 7. The number of nitrogens with zero attached hydrogens (tertiary/aromatic N) is 1. The van der Waals surface area contributed by atoms with Gasteiger partial charge in [0, 0.05) is 13.3 Å². The van der Waals surface area contributed by atoms with Crippen LogP contribution >= 0.6 is 7.82 Å². The monoisotopic (exact) mass is 601 g/mol. The van der Waals surface area contributed by atoms with Gasteiger partial charge >= 0.3 is 11.9 Å². The molecular formula is C30H52NO9P. The molecule has 0 aliphatic heterocycles. The van der Waals surface area contributed by atoms with Gasteiger partial charge in [-0.15, -0.1) is 0 Å². The maximum absolute atomic E-state index is 12.0. The summed E-state index contributed by atoms with van der Waals surface area (Å²) < 4.78 is 32.2. The first kappa shape index (κ1) is 38.9. The number of carbonyl (C=O) groups is 2. The summed E-state index contributed by atoms with van der Waals surface area (Å²) in [5.74, 6) is -1.12. The summed E-state index contributed by atoms with van der Waals surface area (Å²) in [5.41, 5.74) is 0. The van der Waals surface area contributed by atoms with Crippen molar-refractivity contribution in [3.8, 4) is 0 Å². The fraction of sp³-hybridized carbons (Fsp3) is 0.667. The van der Waals surface area contributed by atoms with Crippen LogP contribution in [0.1, 0.15) is 71.6 Å². The molecule has 10 nitrogen and oxygen atoms in total. The van der Waals surface area contributed by atoms with E-state index >= 15 is 0 Å². The van der Waals surface area contributed by atoms with Crippen LogP contribution in [0.3, 0.4) is 0 Å². The third kappa shape index (κ3) is 27.9. The number of unbranched alkanes of at least 4 members (excludes halogenated alkanes) is 1. The lowest BCUT2D eigenvalue weighted by Crippen LogP contribution is -2.37. The van der Waals surface area contributed by atoms with Crippen LogP contribution in [0.25, 0.3) is 0 Å². The third-order valence-electron chi connectivity index (χ3n) is 5.46. The molecule has 2 unspecified atom stereocenters. The Morgan fingerprint density at radius 2 is 1.51 bits per heavy atom. The Bertz CT molecular complexity index is 878. The minimum Gasteiger partial charge on any atom is -0.756 e. The van der Waals surface area contributed by atoms with Crippen LogP contribution in [0, 0.1) is 0 Å². The van der Waals surface area contributed by atoms with Crippen molar-refractivity contribution >= 4 is 19.8 Å². The second-order valence-corrected chi connectivity index (χ2v) is 12.1. The van der Waals surface area contributed by atoms with Crippen molar-refractivity contribution in [1.29, 1.82) is 0 Å². The van der Waals surface area contributed by atoms with E-state index in [1.807, 2.05) is 39.4 Å². The first-order chi connectivity index (χ1) is 19.3. The Kier molecular flexibility index (Phi) is 22.3. The molecule has 0 saturated carbocycles. The summed E-state index contributed by atoms with van der Waals surface area (Å²) in [6.45, 7) is 2.82. The van der Waals surface area contributed by atoms with Crippen molar-refractivity contribution in [2.24, 2.45) is 0 Å². The Labute approximate surface area is 246 Å². The number of phosphoric ester groups is 1. The maximum atomic E-state index is 12.0. The molecule has 41 heavy (non-hydrogen) atoms. The van der Waals surface area contributed by atoms with Crippen molar-refractivity contribution in [1.82, 2.24) is 0 Å². The van der Waals surface area contributed by atoms with Crippen molar-refractivity contribution in [2.75, 3.05) is 47.5 Å². The van der Waals surface area contributed by atoms with E-state index in [0.29, 0.717) is 30.3 Å². The van der Waals surface area contributed by atoms with Crippen LogP contribution in [0.4, 0.5) is 0 Å². The zero-order chi connectivity index (χ0) is 31.0. The number of phosphoric acid groups is 1. The molecule has 0 heterocycles. The second-order valence-electron chi connectivity index (χ2n) is 10.7. The van der Waals surface area contributed by atoms with Gasteiger partial charge in [-0.3, -0.25) is 14.2 Å². The maximum Gasteiger partial charge on any atom is 0.305 e. The molecule has 0 amide bonds. The van der Waals surface area contributed by atoms with E-state index in [2.05, 4.69) is 37.3 Å². The van der Waals surface area contributed by atoms with Crippen molar-refractivity contribution in [3.63, 3.8) is 0 Å². The minimum atomic E-state index is -4.59. The molecule has 0 rings (SSSR count). The highest BCUT2D eigenvalue weighted by Crippen LogP contribution is 2.38. The molecular weight excluding hydrogens is 549 g/mol. The van der Waals surface area contributed by atoms with Gasteiger partial charge in [0.15, 0.2) is 6.10 Å². The van der Waals surface area contributed by atoms with Crippen LogP contribution in [0.5, 0.6) is 0 Å². The van der Waals surface area contributed by atoms with Gasteiger partial charge in [0.2, 0.25) is 0 Å². The molecule has 0 saturated heterocycles. The van der Waals surface area contributed by atoms with Gasteiger partial charge in [-0.25, -0.2) is 0 Å². The number of ether oxygens (including phenoxy) is 2. The average molecular weight is 602 g/mol. The largest absolute Gasteiger partial charge is 0.756 e. The van der Waals surface area contributed by atoms with E-state index in [9.17, 15) is 24.2 Å². The molecule has 1 N–H and O–H groups in total. The molecule has 236 valence electrons. The van der Waals surface area contributed by atoms with Crippen molar-refractivity contribution < 1.29 is 47.2 Å². The van der Waals surface area contributed by atoms with E-state index in [1.165, 1.54) is 6.92 Å². The molecule has 0 spiro atoms. The summed E-state index contributed by atoms with van der Waals surface area (Å²) >= 11 is 0. The number of hydrogen-bond donors (Lipinski definition) is 1. The van der Waals surface area contributed by atoms with Crippen LogP contribution in [0.15, 0.2) is 48.6 Å². The molecule has 0 aromatic rings. The van der Waals surface area contributed by atoms with Crippen LogP contribution < -0.4 is 4.89 Å². The number of carbonyl (C=O) groups excluding carboxylic acids is 2. The molecule has 0 aliphatic rings. The summed E-state index contributed by atoms with van der Waals surface area (Å²) in [6, 6.07) is 0. The lowest BCUT2D eigenvalue weighted by atomic mass is 10.1. The van der Waals surface area contributed by atoms with Crippen molar-refractivity contribution in [3.05, 3.63) is 48.6 Å². The quantitative estimate of drug-likeness (QED) is 0.0546. The minimum absolute atomic E-state index is 0.0511. The lowest BCUT2D eigenvalue weighted by molar-refractivity contribution is -0.870. The predicted octanol–water partition coefficient (Wildman–Crippen LogP) is 4.79. The molecule has 0 aliphatic carbocycles. The fourth-order valence-electron chi connectivity index (χ4n) is 3.25. The Balaban J connectivity index is 4.10. The Hall–Kier alpha value is -2.07. The molecule has 0 fully saturated rings. The van der Waals surface area contributed by atoms with E-state index in [0.717, 1.165) is 32.1 Å². The first-order valence-electron chi connectivity index (χ1n) is 14.4. The summed E-state index contributed by atoms with van der Waals surface area (Å²) in [5, 5.41) is 9.66. The highest BCUT2D eigenvalue weighted by molar-refractivity contribution is 7.45. The summed E-state index contributed by atoms with van der Waals surface area (Å²) in [4.78, 5) is 35.3. The summed E-state index contributed by atoms with van der Waals surface area (Å²) in [6.07, 6.45) is 21.8.